The minimum Gasteiger partial charge on any atom is -0.444 e. The third-order valence-corrected chi connectivity index (χ3v) is 6.30. The fourth-order valence-corrected chi connectivity index (χ4v) is 4.50. The van der Waals surface area contributed by atoms with Gasteiger partial charge in [0.05, 0.1) is 0 Å². The van der Waals surface area contributed by atoms with Gasteiger partial charge in [0, 0.05) is 54.5 Å². The van der Waals surface area contributed by atoms with Crippen LogP contribution in [-0.2, 0) is 15.5 Å². The molecule has 0 aromatic heterocycles. The number of guanidine groups is 1. The normalized spacial score (nSPS) is 22.1. The predicted molar refractivity (Wildman–Crippen MR) is 113 cm³/mol. The summed E-state index contributed by atoms with van der Waals surface area (Å²) in [4.78, 5) is 18.1. The number of nitrogens with zero attached hydrogens (tertiary/aromatic N) is 2. The van der Waals surface area contributed by atoms with Gasteiger partial charge in [0.15, 0.2) is 5.96 Å². The van der Waals surface area contributed by atoms with E-state index in [4.69, 9.17) is 4.74 Å². The average molecular weight is 403 g/mol. The van der Waals surface area contributed by atoms with Gasteiger partial charge >= 0.3 is 6.09 Å². The van der Waals surface area contributed by atoms with Crippen molar-refractivity contribution in [1.82, 2.24) is 15.5 Å². The van der Waals surface area contributed by atoms with Gasteiger partial charge in [-0.05, 0) is 47.0 Å². The zero-order chi connectivity index (χ0) is 20.4. The van der Waals surface area contributed by atoms with Crippen molar-refractivity contribution >= 4 is 22.9 Å². The summed E-state index contributed by atoms with van der Waals surface area (Å²) in [6, 6.07) is 0.290. The van der Waals surface area contributed by atoms with E-state index < -0.39 is 16.4 Å². The molecular weight excluding hydrogens is 364 g/mol. The highest BCUT2D eigenvalue weighted by Crippen LogP contribution is 2.22. The van der Waals surface area contributed by atoms with Crippen LogP contribution < -0.4 is 10.6 Å². The third kappa shape index (κ3) is 8.95. The Morgan fingerprint density at radius 2 is 2.00 bits per heavy atom. The van der Waals surface area contributed by atoms with E-state index >= 15 is 0 Å². The van der Waals surface area contributed by atoms with Crippen LogP contribution >= 0.6 is 0 Å². The van der Waals surface area contributed by atoms with E-state index in [1.807, 2.05) is 34.6 Å². The van der Waals surface area contributed by atoms with Crippen molar-refractivity contribution in [1.29, 1.82) is 0 Å². The molecule has 0 heterocycles. The number of rotatable bonds is 7. The van der Waals surface area contributed by atoms with Gasteiger partial charge in [0.2, 0.25) is 0 Å². The van der Waals surface area contributed by atoms with Crippen LogP contribution in [0.4, 0.5) is 4.79 Å². The van der Waals surface area contributed by atoms with Crippen LogP contribution in [0.25, 0.3) is 0 Å². The number of likely N-dealkylation sites (N-methyl/N-ethyl adjacent to an activating group) is 1. The molecule has 1 aliphatic rings. The maximum absolute atomic E-state index is 12.2. The fraction of sp³-hybridized carbons (Fsp3) is 0.895. The van der Waals surface area contributed by atoms with Crippen molar-refractivity contribution in [3.8, 4) is 0 Å². The highest BCUT2D eigenvalue weighted by Gasteiger charge is 2.26. The van der Waals surface area contributed by atoms with Crippen molar-refractivity contribution in [3.63, 3.8) is 0 Å². The molecule has 0 bridgehead atoms. The molecule has 0 aromatic rings. The number of hydrogen-bond donors (Lipinski definition) is 2. The lowest BCUT2D eigenvalue weighted by atomic mass is 9.95. The zero-order valence-electron chi connectivity index (χ0n) is 17.8. The first-order chi connectivity index (χ1) is 12.7. The van der Waals surface area contributed by atoms with Crippen LogP contribution in [0.1, 0.15) is 60.3 Å². The largest absolute Gasteiger partial charge is 0.444 e. The number of carbonyl (C=O) groups is 1. The summed E-state index contributed by atoms with van der Waals surface area (Å²) in [7, 11) is 1.01. The molecule has 1 amide bonds. The molecule has 1 fully saturated rings. The van der Waals surface area contributed by atoms with Gasteiger partial charge < -0.3 is 20.3 Å². The molecule has 0 spiro atoms. The number of amides is 1. The summed E-state index contributed by atoms with van der Waals surface area (Å²) in [5.41, 5.74) is -0.494. The third-order valence-electron chi connectivity index (χ3n) is 4.55. The second-order valence-corrected chi connectivity index (χ2v) is 9.86. The minimum atomic E-state index is -0.736. The topological polar surface area (TPSA) is 83.0 Å². The standard InChI is InChI=1S/C19H38N4O3S/c1-7-23(18(24)26-19(3,4)5)13-12-21-17(20-6)22-15-10-9-11-16(14-15)27(25)8-2/h15-16H,7-14H2,1-6H3,(H2,20,21,22). The van der Waals surface area contributed by atoms with Gasteiger partial charge in [-0.1, -0.05) is 13.3 Å². The molecule has 1 saturated carbocycles. The molecule has 3 atom stereocenters. The molecule has 0 aliphatic heterocycles. The molecular formula is C19H38N4O3S. The van der Waals surface area contributed by atoms with Crippen molar-refractivity contribution in [3.05, 3.63) is 0 Å². The second-order valence-electron chi connectivity index (χ2n) is 7.86. The molecule has 27 heavy (non-hydrogen) atoms. The summed E-state index contributed by atoms with van der Waals surface area (Å²) in [5, 5.41) is 6.99. The smallest absolute Gasteiger partial charge is 0.410 e. The maximum atomic E-state index is 12.2. The van der Waals surface area contributed by atoms with Crippen LogP contribution in [0.5, 0.6) is 0 Å². The molecule has 0 saturated heterocycles. The Balaban J connectivity index is 2.45. The fourth-order valence-electron chi connectivity index (χ4n) is 3.15. The van der Waals surface area contributed by atoms with E-state index in [1.54, 1.807) is 11.9 Å². The molecule has 1 rings (SSSR count). The first kappa shape index (κ1) is 23.7. The van der Waals surface area contributed by atoms with Crippen LogP contribution in [0.2, 0.25) is 0 Å². The molecule has 1 aliphatic carbocycles. The Kier molecular flexibility index (Phi) is 10.1. The van der Waals surface area contributed by atoms with E-state index in [9.17, 15) is 9.00 Å². The molecule has 8 heteroatoms. The minimum absolute atomic E-state index is 0.280. The van der Waals surface area contributed by atoms with Gasteiger partial charge in [0.25, 0.3) is 0 Å². The van der Waals surface area contributed by atoms with E-state index in [0.717, 1.165) is 37.4 Å². The lowest BCUT2D eigenvalue weighted by molar-refractivity contribution is 0.0264. The summed E-state index contributed by atoms with van der Waals surface area (Å²) < 4.78 is 17.5. The van der Waals surface area contributed by atoms with Crippen LogP contribution in [0, 0.1) is 0 Å². The van der Waals surface area contributed by atoms with E-state index in [1.165, 1.54) is 0 Å². The number of nitrogens with one attached hydrogen (secondary N) is 2. The van der Waals surface area contributed by atoms with E-state index in [2.05, 4.69) is 15.6 Å². The first-order valence-corrected chi connectivity index (χ1v) is 11.4. The summed E-state index contributed by atoms with van der Waals surface area (Å²) in [6.07, 6.45) is 3.82. The van der Waals surface area contributed by atoms with Crippen molar-refractivity contribution in [2.24, 2.45) is 4.99 Å². The Labute approximate surface area is 167 Å². The van der Waals surface area contributed by atoms with Gasteiger partial charge in [-0.25, -0.2) is 4.79 Å². The Bertz CT molecular complexity index is 520. The van der Waals surface area contributed by atoms with Crippen LogP contribution in [-0.4, -0.2) is 70.5 Å². The number of aliphatic imine (C=N–C) groups is 1. The monoisotopic (exact) mass is 402 g/mol. The Hall–Kier alpha value is -1.31. The Morgan fingerprint density at radius 3 is 2.56 bits per heavy atom. The SMILES string of the molecule is CCN(CCNC(=NC)NC1CCCC(S(=O)CC)C1)C(=O)OC(C)(C)C. The average Bonchev–Trinajstić information content (AvgIpc) is 2.62. The van der Waals surface area contributed by atoms with E-state index in [-0.39, 0.29) is 11.3 Å². The van der Waals surface area contributed by atoms with Crippen molar-refractivity contribution in [2.45, 2.75) is 77.2 Å². The maximum Gasteiger partial charge on any atom is 0.410 e. The molecule has 0 aromatic carbocycles. The van der Waals surface area contributed by atoms with Crippen molar-refractivity contribution in [2.75, 3.05) is 32.4 Å². The van der Waals surface area contributed by atoms with Gasteiger partial charge in [0.1, 0.15) is 5.60 Å². The second kappa shape index (κ2) is 11.5. The molecule has 7 nitrogen and oxygen atoms in total. The van der Waals surface area contributed by atoms with Crippen LogP contribution in [0.3, 0.4) is 0 Å². The van der Waals surface area contributed by atoms with E-state index in [0.29, 0.717) is 25.7 Å². The number of carbonyl (C=O) groups excluding carboxylic acids is 1. The molecule has 3 unspecified atom stereocenters. The van der Waals surface area contributed by atoms with Gasteiger partial charge in [-0.3, -0.25) is 9.20 Å². The first-order valence-electron chi connectivity index (χ1n) is 10.0. The number of hydrogen-bond acceptors (Lipinski definition) is 4. The summed E-state index contributed by atoms with van der Waals surface area (Å²) in [5.74, 6) is 1.45. The lowest BCUT2D eigenvalue weighted by Crippen LogP contribution is -2.48. The number of ether oxygens (including phenoxy) is 1. The van der Waals surface area contributed by atoms with Crippen LogP contribution in [0.15, 0.2) is 4.99 Å². The predicted octanol–water partition coefficient (Wildman–Crippen LogP) is 2.49. The van der Waals surface area contributed by atoms with Gasteiger partial charge in [-0.15, -0.1) is 0 Å². The Morgan fingerprint density at radius 1 is 1.30 bits per heavy atom. The summed E-state index contributed by atoms with van der Waals surface area (Å²) in [6.45, 7) is 11.2. The summed E-state index contributed by atoms with van der Waals surface area (Å²) >= 11 is 0. The quantitative estimate of drug-likeness (QED) is 0.505. The highest BCUT2D eigenvalue weighted by molar-refractivity contribution is 7.85. The molecule has 0 radical (unpaired) electrons. The highest BCUT2D eigenvalue weighted by atomic mass is 32.2. The molecule has 2 N–H and O–H groups in total. The lowest BCUT2D eigenvalue weighted by Gasteiger charge is -2.30. The zero-order valence-corrected chi connectivity index (χ0v) is 18.7. The van der Waals surface area contributed by atoms with Gasteiger partial charge in [-0.2, -0.15) is 0 Å². The van der Waals surface area contributed by atoms with Crippen molar-refractivity contribution < 1.29 is 13.7 Å². The molecule has 158 valence electrons.